The minimum absolute atomic E-state index is 0.115. The van der Waals surface area contributed by atoms with Crippen molar-refractivity contribution in [3.05, 3.63) is 36.2 Å². The van der Waals surface area contributed by atoms with E-state index in [4.69, 9.17) is 4.74 Å². The second kappa shape index (κ2) is 6.83. The third-order valence-corrected chi connectivity index (χ3v) is 2.89. The highest BCUT2D eigenvalue weighted by molar-refractivity contribution is 5.74. The summed E-state index contributed by atoms with van der Waals surface area (Å²) in [5.41, 5.74) is 1.81. The van der Waals surface area contributed by atoms with Gasteiger partial charge in [-0.1, -0.05) is 0 Å². The van der Waals surface area contributed by atoms with Gasteiger partial charge in [0.05, 0.1) is 6.61 Å². The molecule has 100 valence electrons. The van der Waals surface area contributed by atoms with Gasteiger partial charge in [-0.25, -0.2) is 9.97 Å². The molecule has 0 amide bonds. The molecule has 0 bridgehead atoms. The number of aryl methyl sites for hydroxylation is 1. The second-order valence-corrected chi connectivity index (χ2v) is 4.36. The third-order valence-electron chi connectivity index (χ3n) is 2.89. The Balaban J connectivity index is 1.83. The lowest BCUT2D eigenvalue weighted by atomic mass is 10.1. The molecule has 0 aromatic carbocycles. The summed E-state index contributed by atoms with van der Waals surface area (Å²) in [6.07, 6.45) is 4.87. The molecule has 0 fully saturated rings. The molecular formula is C15H18N2O2. The number of ether oxygens (including phenoxy) is 1. The zero-order valence-corrected chi connectivity index (χ0v) is 11.1. The van der Waals surface area contributed by atoms with E-state index in [0.717, 1.165) is 36.0 Å². The Kier molecular flexibility index (Phi) is 4.84. The predicted molar refractivity (Wildman–Crippen MR) is 73.7 cm³/mol. The smallest absolute Gasteiger partial charge is 0.305 e. The molecule has 19 heavy (non-hydrogen) atoms. The Labute approximate surface area is 112 Å². The summed E-state index contributed by atoms with van der Waals surface area (Å²) in [7, 11) is 0. The van der Waals surface area contributed by atoms with E-state index < -0.39 is 0 Å². The molecule has 4 heteroatoms. The molecular weight excluding hydrogens is 240 g/mol. The van der Waals surface area contributed by atoms with Crippen LogP contribution < -0.4 is 0 Å². The minimum Gasteiger partial charge on any atom is -0.466 e. The van der Waals surface area contributed by atoms with Crippen molar-refractivity contribution in [3.63, 3.8) is 0 Å². The summed E-state index contributed by atoms with van der Waals surface area (Å²) in [5, 5.41) is 1.05. The lowest BCUT2D eigenvalue weighted by molar-refractivity contribution is -0.143. The van der Waals surface area contributed by atoms with Crippen LogP contribution in [0.15, 0.2) is 30.5 Å². The van der Waals surface area contributed by atoms with Gasteiger partial charge in [0.15, 0.2) is 5.65 Å². The van der Waals surface area contributed by atoms with E-state index in [2.05, 4.69) is 9.97 Å². The zero-order valence-electron chi connectivity index (χ0n) is 11.1. The third kappa shape index (κ3) is 4.02. The molecule has 0 atom stereocenters. The molecule has 2 heterocycles. The maximum Gasteiger partial charge on any atom is 0.305 e. The van der Waals surface area contributed by atoms with Gasteiger partial charge in [0, 0.05) is 23.7 Å². The van der Waals surface area contributed by atoms with Crippen molar-refractivity contribution in [1.29, 1.82) is 0 Å². The lowest BCUT2D eigenvalue weighted by Crippen LogP contribution is -2.03. The molecule has 2 rings (SSSR count). The van der Waals surface area contributed by atoms with Crippen LogP contribution in [0.25, 0.3) is 11.0 Å². The van der Waals surface area contributed by atoms with Gasteiger partial charge in [-0.3, -0.25) is 4.79 Å². The Morgan fingerprint density at radius 1 is 1.26 bits per heavy atom. The quantitative estimate of drug-likeness (QED) is 0.590. The summed E-state index contributed by atoms with van der Waals surface area (Å²) in [6.45, 7) is 2.28. The van der Waals surface area contributed by atoms with Crippen LogP contribution in [0.4, 0.5) is 0 Å². The van der Waals surface area contributed by atoms with Gasteiger partial charge in [-0.15, -0.1) is 0 Å². The summed E-state index contributed by atoms with van der Waals surface area (Å²) >= 11 is 0. The van der Waals surface area contributed by atoms with Gasteiger partial charge in [0.1, 0.15) is 0 Å². The average molecular weight is 258 g/mol. The monoisotopic (exact) mass is 258 g/mol. The zero-order chi connectivity index (χ0) is 13.5. The number of pyridine rings is 2. The normalized spacial score (nSPS) is 10.6. The van der Waals surface area contributed by atoms with Crippen LogP contribution in [0.5, 0.6) is 0 Å². The van der Waals surface area contributed by atoms with Crippen molar-refractivity contribution in [1.82, 2.24) is 9.97 Å². The Hall–Kier alpha value is -1.97. The topological polar surface area (TPSA) is 52.1 Å². The van der Waals surface area contributed by atoms with E-state index in [0.29, 0.717) is 13.0 Å². The van der Waals surface area contributed by atoms with E-state index in [1.165, 1.54) is 0 Å². The molecule has 0 aliphatic rings. The van der Waals surface area contributed by atoms with Crippen molar-refractivity contribution < 1.29 is 9.53 Å². The molecule has 0 N–H and O–H groups in total. The molecule has 0 radical (unpaired) electrons. The van der Waals surface area contributed by atoms with E-state index in [1.54, 1.807) is 6.20 Å². The Morgan fingerprint density at radius 3 is 3.00 bits per heavy atom. The largest absolute Gasteiger partial charge is 0.466 e. The van der Waals surface area contributed by atoms with Crippen LogP contribution in [0.2, 0.25) is 0 Å². The molecule has 2 aromatic heterocycles. The first kappa shape index (κ1) is 13.5. The van der Waals surface area contributed by atoms with Crippen LogP contribution in [0.3, 0.4) is 0 Å². The molecule has 0 unspecified atom stereocenters. The van der Waals surface area contributed by atoms with Crippen molar-refractivity contribution in [2.45, 2.75) is 32.6 Å². The van der Waals surface area contributed by atoms with E-state index >= 15 is 0 Å². The van der Waals surface area contributed by atoms with Crippen LogP contribution in [-0.4, -0.2) is 22.5 Å². The first-order valence-corrected chi connectivity index (χ1v) is 6.66. The maximum absolute atomic E-state index is 11.2. The molecule has 4 nitrogen and oxygen atoms in total. The van der Waals surface area contributed by atoms with Crippen LogP contribution in [-0.2, 0) is 16.0 Å². The SMILES string of the molecule is CCOC(=O)CCCCc1ccc2cccnc2n1. The number of carbonyl (C=O) groups excluding carboxylic acids is 1. The molecule has 0 aliphatic carbocycles. The maximum atomic E-state index is 11.2. The minimum atomic E-state index is -0.115. The standard InChI is InChI=1S/C15H18N2O2/c1-2-19-14(18)8-4-3-7-13-10-9-12-6-5-11-16-15(12)17-13/h5-6,9-11H,2-4,7-8H2,1H3. The highest BCUT2D eigenvalue weighted by Gasteiger charge is 2.03. The lowest BCUT2D eigenvalue weighted by Gasteiger charge is -2.03. The number of unbranched alkanes of at least 4 members (excludes halogenated alkanes) is 1. The van der Waals surface area contributed by atoms with Gasteiger partial charge in [-0.05, 0) is 50.5 Å². The fraction of sp³-hybridized carbons (Fsp3) is 0.400. The second-order valence-electron chi connectivity index (χ2n) is 4.36. The van der Waals surface area contributed by atoms with Crippen molar-refractivity contribution >= 4 is 17.0 Å². The van der Waals surface area contributed by atoms with Crippen molar-refractivity contribution in [2.24, 2.45) is 0 Å². The summed E-state index contributed by atoms with van der Waals surface area (Å²) < 4.78 is 4.89. The number of esters is 1. The van der Waals surface area contributed by atoms with Gasteiger partial charge >= 0.3 is 5.97 Å². The average Bonchev–Trinajstić information content (AvgIpc) is 2.44. The molecule has 0 saturated heterocycles. The first-order chi connectivity index (χ1) is 9.29. The number of aromatic nitrogens is 2. The fourth-order valence-electron chi connectivity index (χ4n) is 1.94. The van der Waals surface area contributed by atoms with E-state index in [1.807, 2.05) is 31.2 Å². The Bertz CT molecular complexity index is 555. The van der Waals surface area contributed by atoms with Crippen molar-refractivity contribution in [2.75, 3.05) is 6.61 Å². The van der Waals surface area contributed by atoms with Gasteiger partial charge in [-0.2, -0.15) is 0 Å². The van der Waals surface area contributed by atoms with Crippen LogP contribution >= 0.6 is 0 Å². The highest BCUT2D eigenvalue weighted by Crippen LogP contribution is 2.11. The summed E-state index contributed by atoms with van der Waals surface area (Å²) in [6, 6.07) is 7.97. The molecule has 0 saturated carbocycles. The summed E-state index contributed by atoms with van der Waals surface area (Å²) in [4.78, 5) is 19.9. The van der Waals surface area contributed by atoms with Crippen LogP contribution in [0, 0.1) is 0 Å². The van der Waals surface area contributed by atoms with Gasteiger partial charge < -0.3 is 4.74 Å². The number of hydrogen-bond acceptors (Lipinski definition) is 4. The number of hydrogen-bond donors (Lipinski definition) is 0. The molecule has 0 aliphatic heterocycles. The summed E-state index contributed by atoms with van der Waals surface area (Å²) in [5.74, 6) is -0.115. The highest BCUT2D eigenvalue weighted by atomic mass is 16.5. The number of rotatable bonds is 6. The Morgan fingerprint density at radius 2 is 2.16 bits per heavy atom. The van der Waals surface area contributed by atoms with Crippen molar-refractivity contribution in [3.8, 4) is 0 Å². The van der Waals surface area contributed by atoms with Gasteiger partial charge in [0.25, 0.3) is 0 Å². The number of fused-ring (bicyclic) bond motifs is 1. The van der Waals surface area contributed by atoms with E-state index in [-0.39, 0.29) is 5.97 Å². The predicted octanol–water partition coefficient (Wildman–Crippen LogP) is 2.91. The van der Waals surface area contributed by atoms with Crippen LogP contribution in [0.1, 0.15) is 31.9 Å². The molecule has 2 aromatic rings. The fourth-order valence-corrected chi connectivity index (χ4v) is 1.94. The number of carbonyl (C=O) groups is 1. The first-order valence-electron chi connectivity index (χ1n) is 6.66. The molecule has 0 spiro atoms. The van der Waals surface area contributed by atoms with E-state index in [9.17, 15) is 4.79 Å². The number of nitrogens with zero attached hydrogens (tertiary/aromatic N) is 2. The van der Waals surface area contributed by atoms with Gasteiger partial charge in [0.2, 0.25) is 0 Å².